The van der Waals surface area contributed by atoms with E-state index >= 15 is 0 Å². The minimum Gasteiger partial charge on any atom is -0.399 e. The summed E-state index contributed by atoms with van der Waals surface area (Å²) in [5, 5.41) is 3.82. The second-order valence-corrected chi connectivity index (χ2v) is 6.43. The molecule has 2 atom stereocenters. The monoisotopic (exact) mass is 273 g/mol. The normalized spacial score (nSPS) is 31.8. The van der Waals surface area contributed by atoms with E-state index in [2.05, 4.69) is 38.1 Å². The van der Waals surface area contributed by atoms with Crippen molar-refractivity contribution in [2.75, 3.05) is 7.11 Å². The molecule has 0 heterocycles. The molecule has 3 nitrogen and oxygen atoms in total. The third-order valence-corrected chi connectivity index (χ3v) is 5.80. The van der Waals surface area contributed by atoms with Crippen LogP contribution in [-0.2, 0) is 15.0 Å². The molecule has 108 valence electrons. The van der Waals surface area contributed by atoms with Crippen LogP contribution in [-0.4, -0.2) is 18.6 Å². The number of nitrogens with zero attached hydrogens (tertiary/aromatic N) is 1. The molecule has 1 saturated carbocycles. The highest BCUT2D eigenvalue weighted by molar-refractivity contribution is 6.42. The van der Waals surface area contributed by atoms with Gasteiger partial charge in [-0.1, -0.05) is 63.2 Å². The van der Waals surface area contributed by atoms with Crippen LogP contribution in [0.5, 0.6) is 0 Å². The van der Waals surface area contributed by atoms with Crippen LogP contribution >= 0.6 is 0 Å². The van der Waals surface area contributed by atoms with E-state index in [4.69, 9.17) is 4.84 Å². The molecule has 0 saturated heterocycles. The zero-order chi connectivity index (χ0) is 15.2. The maximum Gasteiger partial charge on any atom is 0.187 e. The average molecular weight is 273 g/mol. The van der Waals surface area contributed by atoms with E-state index in [-0.39, 0.29) is 16.6 Å². The highest BCUT2D eigenvalue weighted by atomic mass is 16.6. The van der Waals surface area contributed by atoms with E-state index in [1.54, 1.807) is 6.92 Å². The minimum atomic E-state index is -0.465. The van der Waals surface area contributed by atoms with Crippen LogP contribution in [0.25, 0.3) is 0 Å². The second-order valence-electron chi connectivity index (χ2n) is 6.43. The Labute approximate surface area is 121 Å². The van der Waals surface area contributed by atoms with Crippen LogP contribution in [0.3, 0.4) is 0 Å². The molecule has 1 aromatic rings. The van der Waals surface area contributed by atoms with Gasteiger partial charge in [0.05, 0.1) is 0 Å². The van der Waals surface area contributed by atoms with Crippen molar-refractivity contribution < 1.29 is 9.63 Å². The number of oxime groups is 1. The number of carbonyl (C=O) groups is 1. The lowest BCUT2D eigenvalue weighted by atomic mass is 9.85. The van der Waals surface area contributed by atoms with Crippen molar-refractivity contribution in [2.24, 2.45) is 16.0 Å². The van der Waals surface area contributed by atoms with Crippen LogP contribution in [0, 0.1) is 10.8 Å². The number of carbonyl (C=O) groups excluding carboxylic acids is 1. The Hall–Kier alpha value is -1.64. The lowest BCUT2D eigenvalue weighted by molar-refractivity contribution is -0.118. The lowest BCUT2D eigenvalue weighted by Crippen LogP contribution is -2.28. The molecule has 0 spiro atoms. The Morgan fingerprint density at radius 3 is 2.15 bits per heavy atom. The van der Waals surface area contributed by atoms with Crippen LogP contribution in [0.2, 0.25) is 0 Å². The Morgan fingerprint density at radius 2 is 1.65 bits per heavy atom. The Kier molecular flexibility index (Phi) is 3.28. The first kappa shape index (κ1) is 14.8. The standard InChI is InChI=1S/C17H23NO2/c1-12(18-20-6)14(19)17(5)15(2,3)16(17,4)13-10-8-7-9-11-13/h7-11H,1-6H3/b18-12-. The number of rotatable bonds is 4. The van der Waals surface area contributed by atoms with Crippen molar-refractivity contribution >= 4 is 11.5 Å². The smallest absolute Gasteiger partial charge is 0.187 e. The zero-order valence-electron chi connectivity index (χ0n) is 13.2. The lowest BCUT2D eigenvalue weighted by Gasteiger charge is -2.17. The molecule has 0 aliphatic heterocycles. The van der Waals surface area contributed by atoms with Crippen LogP contribution in [0.1, 0.15) is 40.2 Å². The predicted octanol–water partition coefficient (Wildman–Crippen LogP) is 3.58. The number of ketones is 1. The quantitative estimate of drug-likeness (QED) is 0.621. The summed E-state index contributed by atoms with van der Waals surface area (Å²) in [7, 11) is 1.47. The van der Waals surface area contributed by atoms with Gasteiger partial charge in [-0.25, -0.2) is 0 Å². The van der Waals surface area contributed by atoms with E-state index < -0.39 is 5.41 Å². The van der Waals surface area contributed by atoms with Gasteiger partial charge in [0.1, 0.15) is 12.8 Å². The fourth-order valence-corrected chi connectivity index (χ4v) is 3.82. The van der Waals surface area contributed by atoms with E-state index in [1.807, 2.05) is 25.1 Å². The molecule has 2 rings (SSSR count). The number of Topliss-reactive ketones (excluding diaryl/α,β-unsaturated/α-hetero) is 1. The molecular formula is C17H23NO2. The van der Waals surface area contributed by atoms with Crippen molar-refractivity contribution in [2.45, 2.75) is 40.0 Å². The summed E-state index contributed by atoms with van der Waals surface area (Å²) in [6.07, 6.45) is 0. The fraction of sp³-hybridized carbons (Fsp3) is 0.529. The molecule has 0 aromatic heterocycles. The molecule has 1 aromatic carbocycles. The molecule has 0 N–H and O–H groups in total. The van der Waals surface area contributed by atoms with Crippen LogP contribution in [0.15, 0.2) is 35.5 Å². The number of benzene rings is 1. The van der Waals surface area contributed by atoms with Gasteiger partial charge >= 0.3 is 0 Å². The summed E-state index contributed by atoms with van der Waals surface area (Å²) >= 11 is 0. The molecule has 0 amide bonds. The maximum absolute atomic E-state index is 12.8. The summed E-state index contributed by atoms with van der Waals surface area (Å²) in [4.78, 5) is 17.6. The van der Waals surface area contributed by atoms with Crippen molar-refractivity contribution in [3.8, 4) is 0 Å². The van der Waals surface area contributed by atoms with Crippen molar-refractivity contribution in [3.63, 3.8) is 0 Å². The largest absolute Gasteiger partial charge is 0.399 e. The van der Waals surface area contributed by atoms with Crippen molar-refractivity contribution in [1.29, 1.82) is 0 Å². The highest BCUT2D eigenvalue weighted by Crippen LogP contribution is 2.78. The molecule has 1 fully saturated rings. The SMILES string of the molecule is CO/N=C(/C)C(=O)C1(C)C(C)(C)C1(C)c1ccccc1. The minimum absolute atomic E-state index is 0.0655. The van der Waals surface area contributed by atoms with Gasteiger partial charge in [-0.3, -0.25) is 4.79 Å². The molecule has 1 aliphatic carbocycles. The van der Waals surface area contributed by atoms with Gasteiger partial charge in [-0.05, 0) is 17.9 Å². The molecule has 1 aliphatic rings. The van der Waals surface area contributed by atoms with Gasteiger partial charge in [0.15, 0.2) is 5.78 Å². The van der Waals surface area contributed by atoms with Crippen LogP contribution in [0.4, 0.5) is 0 Å². The van der Waals surface area contributed by atoms with Gasteiger partial charge in [-0.15, -0.1) is 0 Å². The Bertz CT molecular complexity index is 562. The average Bonchev–Trinajstić information content (AvgIpc) is 2.80. The molecule has 2 unspecified atom stereocenters. The van der Waals surface area contributed by atoms with Gasteiger partial charge in [0.2, 0.25) is 0 Å². The molecule has 0 radical (unpaired) electrons. The molecule has 20 heavy (non-hydrogen) atoms. The fourth-order valence-electron chi connectivity index (χ4n) is 3.82. The van der Waals surface area contributed by atoms with E-state index in [9.17, 15) is 4.79 Å². The zero-order valence-corrected chi connectivity index (χ0v) is 13.2. The van der Waals surface area contributed by atoms with Gasteiger partial charge in [0.25, 0.3) is 0 Å². The Balaban J connectivity index is 2.48. The van der Waals surface area contributed by atoms with Gasteiger partial charge in [0, 0.05) is 10.8 Å². The third-order valence-electron chi connectivity index (χ3n) is 5.80. The first-order valence-electron chi connectivity index (χ1n) is 6.93. The summed E-state index contributed by atoms with van der Waals surface area (Å²) in [5.41, 5.74) is 0.855. The summed E-state index contributed by atoms with van der Waals surface area (Å²) in [6, 6.07) is 10.2. The van der Waals surface area contributed by atoms with E-state index in [0.717, 1.165) is 0 Å². The van der Waals surface area contributed by atoms with E-state index in [1.165, 1.54) is 12.7 Å². The number of hydrogen-bond acceptors (Lipinski definition) is 3. The highest BCUT2D eigenvalue weighted by Gasteiger charge is 2.80. The topological polar surface area (TPSA) is 38.7 Å². The first-order chi connectivity index (χ1) is 9.25. The Morgan fingerprint density at radius 1 is 1.10 bits per heavy atom. The summed E-state index contributed by atoms with van der Waals surface area (Å²) in [6.45, 7) is 10.2. The van der Waals surface area contributed by atoms with Crippen molar-refractivity contribution in [1.82, 2.24) is 0 Å². The summed E-state index contributed by atoms with van der Waals surface area (Å²) in [5.74, 6) is 0.0655. The van der Waals surface area contributed by atoms with Gasteiger partial charge in [-0.2, -0.15) is 0 Å². The third kappa shape index (κ3) is 1.52. The number of hydrogen-bond donors (Lipinski definition) is 0. The maximum atomic E-state index is 12.8. The first-order valence-corrected chi connectivity index (χ1v) is 6.93. The predicted molar refractivity (Wildman–Crippen MR) is 80.8 cm³/mol. The summed E-state index contributed by atoms with van der Waals surface area (Å²) < 4.78 is 0. The molecule has 0 bridgehead atoms. The molecule has 3 heteroatoms. The molecular weight excluding hydrogens is 250 g/mol. The van der Waals surface area contributed by atoms with Crippen LogP contribution < -0.4 is 0 Å². The van der Waals surface area contributed by atoms with Gasteiger partial charge < -0.3 is 4.84 Å². The second kappa shape index (κ2) is 4.44. The van der Waals surface area contributed by atoms with E-state index in [0.29, 0.717) is 5.71 Å². The van der Waals surface area contributed by atoms with Crippen molar-refractivity contribution in [3.05, 3.63) is 35.9 Å².